The summed E-state index contributed by atoms with van der Waals surface area (Å²) >= 11 is 0. The fourth-order valence-corrected chi connectivity index (χ4v) is 1.63. The summed E-state index contributed by atoms with van der Waals surface area (Å²) in [5, 5.41) is -0.477. The summed E-state index contributed by atoms with van der Waals surface area (Å²) in [6, 6.07) is 0. The summed E-state index contributed by atoms with van der Waals surface area (Å²) in [4.78, 5) is 0. The van der Waals surface area contributed by atoms with Crippen LogP contribution in [0.25, 0.3) is 0 Å². The van der Waals surface area contributed by atoms with Crippen LogP contribution in [0.3, 0.4) is 0 Å². The predicted octanol–water partition coefficient (Wildman–Crippen LogP) is 3.24. The minimum atomic E-state index is -2.81. The van der Waals surface area contributed by atoms with Crippen LogP contribution in [-0.2, 0) is 14.4 Å². The Kier molecular flexibility index (Phi) is 7.89. The highest BCUT2D eigenvalue weighted by molar-refractivity contribution is 7.92. The highest BCUT2D eigenvalue weighted by atomic mass is 32.2. The molecule has 3 nitrogen and oxygen atoms in total. The molecule has 0 aromatic rings. The van der Waals surface area contributed by atoms with Crippen LogP contribution < -0.4 is 0 Å². The molecule has 0 spiro atoms. The molecule has 0 N–H and O–H groups in total. The topological polar surface area (TPSA) is 51.2 Å². The highest BCUT2D eigenvalue weighted by Gasteiger charge is 2.19. The maximum Gasteiger partial charge on any atom is 0.154 e. The van der Waals surface area contributed by atoms with Crippen molar-refractivity contribution in [3.63, 3.8) is 0 Å². The lowest BCUT2D eigenvalue weighted by atomic mass is 10.5. The van der Waals surface area contributed by atoms with Crippen molar-refractivity contribution in [1.29, 1.82) is 0 Å². The van der Waals surface area contributed by atoms with Crippen LogP contribution in [0, 0.1) is 0 Å². The van der Waals surface area contributed by atoms with Crippen LogP contribution in [0.5, 0.6) is 0 Å². The summed E-state index contributed by atoms with van der Waals surface area (Å²) in [6.07, 6.45) is 0. The van der Waals surface area contributed by atoms with Gasteiger partial charge in [0.2, 0.25) is 0 Å². The average Bonchev–Trinajstić information content (AvgIpc) is 2.02. The largest absolute Gasteiger partial charge is 0.324 e. The highest BCUT2D eigenvalue weighted by Crippen LogP contribution is 2.41. The number of sulfone groups is 1. The molecule has 0 rings (SSSR count). The minimum Gasteiger partial charge on any atom is -0.324 e. The molecule has 0 saturated heterocycles. The molecule has 0 fully saturated rings. The second-order valence-corrected chi connectivity index (χ2v) is 12.2. The maximum absolute atomic E-state index is 11.0. The Morgan fingerprint density at radius 1 is 0.812 bits per heavy atom. The summed E-state index contributed by atoms with van der Waals surface area (Å²) < 4.78 is 33.0. The fraction of sp³-hybridized carbons (Fsp3) is 1.00. The first kappa shape index (κ1) is 18.5. The van der Waals surface area contributed by atoms with E-state index in [4.69, 9.17) is 0 Å². The summed E-state index contributed by atoms with van der Waals surface area (Å²) in [6.45, 7) is 14.4. The zero-order valence-electron chi connectivity index (χ0n) is 11.8. The Morgan fingerprint density at radius 3 is 1.00 bits per heavy atom. The Balaban J connectivity index is 0. The minimum absolute atomic E-state index is 0.238. The van der Waals surface area contributed by atoms with Gasteiger partial charge in [0.15, 0.2) is 9.84 Å². The quantitative estimate of drug-likeness (QED) is 0.740. The van der Waals surface area contributed by atoms with Gasteiger partial charge < -0.3 is 4.57 Å². The van der Waals surface area contributed by atoms with Gasteiger partial charge in [-0.2, -0.15) is 0 Å². The number of hydrogen-bond acceptors (Lipinski definition) is 3. The standard InChI is InChI=1S/C6H14O2S.C5H13OP/c1-5(2)9(7,8)6(3)4;1-5(2)7(3,4)6/h5-6H,1-4H3;5H,1-4H3. The van der Waals surface area contributed by atoms with E-state index in [1.165, 1.54) is 0 Å². The molecular weight excluding hydrogens is 243 g/mol. The van der Waals surface area contributed by atoms with Gasteiger partial charge >= 0.3 is 0 Å². The molecule has 0 aromatic heterocycles. The smallest absolute Gasteiger partial charge is 0.154 e. The normalized spacial score (nSPS) is 12.9. The SMILES string of the molecule is CC(C)P(C)(C)=O.CC(C)S(=O)(=O)C(C)C. The average molecular weight is 270 g/mol. The fourth-order valence-electron chi connectivity index (χ4n) is 0.544. The Morgan fingerprint density at radius 2 is 1.00 bits per heavy atom. The first-order valence-corrected chi connectivity index (χ1v) is 9.88. The van der Waals surface area contributed by atoms with Gasteiger partial charge in [-0.3, -0.25) is 0 Å². The second kappa shape index (κ2) is 6.80. The third-order valence-corrected chi connectivity index (χ3v) is 7.67. The van der Waals surface area contributed by atoms with Crippen molar-refractivity contribution in [2.45, 2.75) is 57.7 Å². The van der Waals surface area contributed by atoms with Crippen LogP contribution in [0.1, 0.15) is 41.5 Å². The van der Waals surface area contributed by atoms with Crippen molar-refractivity contribution in [2.75, 3.05) is 13.3 Å². The molecule has 0 aromatic carbocycles. The van der Waals surface area contributed by atoms with Gasteiger partial charge in [-0.25, -0.2) is 8.42 Å². The van der Waals surface area contributed by atoms with E-state index in [-0.39, 0.29) is 10.5 Å². The molecule has 16 heavy (non-hydrogen) atoms. The first-order chi connectivity index (χ1) is 6.83. The second-order valence-electron chi connectivity index (χ2n) is 5.21. The first-order valence-electron chi connectivity index (χ1n) is 5.60. The van der Waals surface area contributed by atoms with Crippen molar-refractivity contribution >= 4 is 17.0 Å². The molecule has 0 aliphatic heterocycles. The van der Waals surface area contributed by atoms with Crippen LogP contribution in [-0.4, -0.2) is 37.9 Å². The van der Waals surface area contributed by atoms with Gasteiger partial charge in [0.25, 0.3) is 0 Å². The van der Waals surface area contributed by atoms with Gasteiger partial charge in [0, 0.05) is 5.66 Å². The van der Waals surface area contributed by atoms with E-state index in [1.807, 2.05) is 27.2 Å². The summed E-state index contributed by atoms with van der Waals surface area (Å²) in [5.41, 5.74) is 0.354. The van der Waals surface area contributed by atoms with Crippen LogP contribution in [0.15, 0.2) is 0 Å². The Bertz CT molecular complexity index is 309. The van der Waals surface area contributed by atoms with E-state index < -0.39 is 17.0 Å². The molecule has 0 aliphatic rings. The molecule has 0 saturated carbocycles. The summed E-state index contributed by atoms with van der Waals surface area (Å²) in [5.74, 6) is 0. The van der Waals surface area contributed by atoms with Gasteiger partial charge in [0.1, 0.15) is 0 Å². The lowest BCUT2D eigenvalue weighted by Gasteiger charge is -2.09. The maximum atomic E-state index is 11.0. The molecule has 0 atom stereocenters. The monoisotopic (exact) mass is 270 g/mol. The lowest BCUT2D eigenvalue weighted by molar-refractivity contribution is 0.576. The van der Waals surface area contributed by atoms with Crippen molar-refractivity contribution < 1.29 is 13.0 Å². The molecule has 0 bridgehead atoms. The van der Waals surface area contributed by atoms with E-state index in [9.17, 15) is 13.0 Å². The van der Waals surface area contributed by atoms with Crippen molar-refractivity contribution in [3.8, 4) is 0 Å². The lowest BCUT2D eigenvalue weighted by Crippen LogP contribution is -2.23. The van der Waals surface area contributed by atoms with Crippen molar-refractivity contribution in [2.24, 2.45) is 0 Å². The third-order valence-electron chi connectivity index (χ3n) is 2.56. The molecule has 0 radical (unpaired) electrons. The summed E-state index contributed by atoms with van der Waals surface area (Å²) in [7, 11) is -4.55. The van der Waals surface area contributed by atoms with Gasteiger partial charge in [-0.1, -0.05) is 13.8 Å². The molecule has 0 aliphatic carbocycles. The van der Waals surface area contributed by atoms with Gasteiger partial charge in [-0.15, -0.1) is 0 Å². The zero-order valence-corrected chi connectivity index (χ0v) is 13.5. The number of rotatable bonds is 3. The van der Waals surface area contributed by atoms with Crippen LogP contribution >= 0.6 is 7.14 Å². The molecule has 0 heterocycles. The number of hydrogen-bond donors (Lipinski definition) is 0. The van der Waals surface area contributed by atoms with E-state index in [0.717, 1.165) is 0 Å². The Hall–Kier alpha value is 0.180. The van der Waals surface area contributed by atoms with Crippen molar-refractivity contribution in [3.05, 3.63) is 0 Å². The van der Waals surface area contributed by atoms with Crippen LogP contribution in [0.2, 0.25) is 0 Å². The van der Waals surface area contributed by atoms with E-state index in [1.54, 1.807) is 27.7 Å². The Labute approximate surface area is 101 Å². The molecule has 0 unspecified atom stereocenters. The molecule has 100 valence electrons. The van der Waals surface area contributed by atoms with E-state index in [0.29, 0.717) is 5.66 Å². The molecule has 0 amide bonds. The van der Waals surface area contributed by atoms with E-state index in [2.05, 4.69) is 0 Å². The zero-order chi connectivity index (χ0) is 13.7. The third kappa shape index (κ3) is 7.45. The molecule has 5 heteroatoms. The van der Waals surface area contributed by atoms with Gasteiger partial charge in [0.05, 0.1) is 17.6 Å². The van der Waals surface area contributed by atoms with Crippen molar-refractivity contribution in [1.82, 2.24) is 0 Å². The predicted molar refractivity (Wildman–Crippen MR) is 73.8 cm³/mol. The van der Waals surface area contributed by atoms with Gasteiger partial charge in [-0.05, 0) is 41.0 Å². The van der Waals surface area contributed by atoms with E-state index >= 15 is 0 Å². The molecular formula is C11H27O3PS. The van der Waals surface area contributed by atoms with Crippen LogP contribution in [0.4, 0.5) is 0 Å².